The molecule has 1 aliphatic carbocycles. The minimum Gasteiger partial charge on any atom is -0.343 e. The molecule has 0 bridgehead atoms. The first kappa shape index (κ1) is 17.1. The lowest BCUT2D eigenvalue weighted by atomic mass is 9.59. The summed E-state index contributed by atoms with van der Waals surface area (Å²) in [5.74, 6) is -0.0871. The number of piperidine rings is 1. The van der Waals surface area contributed by atoms with Crippen molar-refractivity contribution in [2.75, 3.05) is 27.2 Å². The van der Waals surface area contributed by atoms with Crippen molar-refractivity contribution < 1.29 is 4.79 Å². The quantitative estimate of drug-likeness (QED) is 0.840. The van der Waals surface area contributed by atoms with Crippen molar-refractivity contribution in [3.8, 4) is 0 Å². The zero-order valence-corrected chi connectivity index (χ0v) is 15.5. The van der Waals surface area contributed by atoms with Crippen molar-refractivity contribution in [3.63, 3.8) is 0 Å². The van der Waals surface area contributed by atoms with Gasteiger partial charge in [-0.15, -0.1) is 5.10 Å². The van der Waals surface area contributed by atoms with Crippen molar-refractivity contribution in [2.24, 2.45) is 5.41 Å². The summed E-state index contributed by atoms with van der Waals surface area (Å²) in [7, 11) is 3.48. The van der Waals surface area contributed by atoms with Gasteiger partial charge in [-0.2, -0.15) is 0 Å². The van der Waals surface area contributed by atoms with E-state index in [9.17, 15) is 4.79 Å². The van der Waals surface area contributed by atoms with Crippen molar-refractivity contribution in [1.82, 2.24) is 29.8 Å². The van der Waals surface area contributed by atoms with Crippen LogP contribution in [-0.2, 0) is 6.54 Å². The van der Waals surface area contributed by atoms with Crippen molar-refractivity contribution in [1.29, 1.82) is 0 Å². The fourth-order valence-corrected chi connectivity index (χ4v) is 4.34. The van der Waals surface area contributed by atoms with Gasteiger partial charge in [0.15, 0.2) is 5.69 Å². The van der Waals surface area contributed by atoms with Gasteiger partial charge in [-0.1, -0.05) is 11.3 Å². The standard InChI is InChI=1S/C19H26N6O/c1-23(2)18(26)16-14-25(22-21-16)17-5-6-19(17)7-10-24(11-8-19)13-15-4-3-9-20-12-15/h3-4,9,12,14,17H,5-8,10-11,13H2,1-2H3. The van der Waals surface area contributed by atoms with Gasteiger partial charge in [0.2, 0.25) is 0 Å². The number of rotatable bonds is 4. The van der Waals surface area contributed by atoms with Gasteiger partial charge in [0.1, 0.15) is 0 Å². The van der Waals surface area contributed by atoms with E-state index in [1.165, 1.54) is 24.8 Å². The van der Waals surface area contributed by atoms with Crippen LogP contribution in [0.25, 0.3) is 0 Å². The third-order valence-corrected chi connectivity index (χ3v) is 6.06. The van der Waals surface area contributed by atoms with Crippen LogP contribution in [0.4, 0.5) is 0 Å². The molecular formula is C19H26N6O. The summed E-state index contributed by atoms with van der Waals surface area (Å²) in [6.07, 6.45) is 10.3. The van der Waals surface area contributed by atoms with Crippen LogP contribution in [0.15, 0.2) is 30.7 Å². The lowest BCUT2D eigenvalue weighted by molar-refractivity contribution is -0.0334. The highest BCUT2D eigenvalue weighted by Crippen LogP contribution is 2.56. The van der Waals surface area contributed by atoms with E-state index >= 15 is 0 Å². The molecule has 1 amide bonds. The first-order valence-corrected chi connectivity index (χ1v) is 9.32. The van der Waals surface area contributed by atoms with Crippen LogP contribution >= 0.6 is 0 Å². The summed E-state index contributed by atoms with van der Waals surface area (Å²) >= 11 is 0. The number of hydrogen-bond donors (Lipinski definition) is 0. The van der Waals surface area contributed by atoms with E-state index in [2.05, 4.69) is 26.3 Å². The van der Waals surface area contributed by atoms with Gasteiger partial charge in [0.25, 0.3) is 5.91 Å². The summed E-state index contributed by atoms with van der Waals surface area (Å²) < 4.78 is 1.94. The van der Waals surface area contributed by atoms with Crippen molar-refractivity contribution >= 4 is 5.91 Å². The SMILES string of the molecule is CN(C)C(=O)c1cn(C2CCC23CCN(Cc2cccnc2)CC3)nn1. The number of carbonyl (C=O) groups excluding carboxylic acids is 1. The summed E-state index contributed by atoms with van der Waals surface area (Å²) in [4.78, 5) is 20.3. The Balaban J connectivity index is 1.39. The molecule has 2 aromatic rings. The number of nitrogens with zero attached hydrogens (tertiary/aromatic N) is 6. The summed E-state index contributed by atoms with van der Waals surface area (Å²) in [6.45, 7) is 3.17. The second-order valence-electron chi connectivity index (χ2n) is 7.84. The molecule has 1 atom stereocenters. The Hall–Kier alpha value is -2.28. The second kappa shape index (κ2) is 6.79. The van der Waals surface area contributed by atoms with Gasteiger partial charge in [-0.05, 0) is 55.8 Å². The molecule has 0 aromatic carbocycles. The Kier molecular flexibility index (Phi) is 4.48. The largest absolute Gasteiger partial charge is 0.343 e. The van der Waals surface area contributed by atoms with Crippen LogP contribution in [0.3, 0.4) is 0 Å². The van der Waals surface area contributed by atoms with E-state index in [-0.39, 0.29) is 5.91 Å². The topological polar surface area (TPSA) is 67.2 Å². The molecule has 1 spiro atoms. The summed E-state index contributed by atoms with van der Waals surface area (Å²) in [5, 5.41) is 8.37. The molecule has 26 heavy (non-hydrogen) atoms. The second-order valence-corrected chi connectivity index (χ2v) is 7.84. The minimum absolute atomic E-state index is 0.0871. The molecule has 2 aliphatic rings. The predicted molar refractivity (Wildman–Crippen MR) is 97.5 cm³/mol. The Morgan fingerprint density at radius 2 is 2.12 bits per heavy atom. The maximum atomic E-state index is 12.1. The molecule has 4 rings (SSSR count). The van der Waals surface area contributed by atoms with Crippen LogP contribution in [-0.4, -0.2) is 62.9 Å². The highest BCUT2D eigenvalue weighted by Gasteiger charge is 2.49. The average molecular weight is 354 g/mol. The Morgan fingerprint density at radius 1 is 1.31 bits per heavy atom. The highest BCUT2D eigenvalue weighted by molar-refractivity contribution is 5.91. The monoisotopic (exact) mass is 354 g/mol. The van der Waals surface area contributed by atoms with Crippen LogP contribution < -0.4 is 0 Å². The Bertz CT molecular complexity index is 763. The first-order valence-electron chi connectivity index (χ1n) is 9.32. The van der Waals surface area contributed by atoms with Crippen molar-refractivity contribution in [2.45, 2.75) is 38.3 Å². The molecule has 0 N–H and O–H groups in total. The lowest BCUT2D eigenvalue weighted by Gasteiger charge is -2.53. The van der Waals surface area contributed by atoms with E-state index < -0.39 is 0 Å². The smallest absolute Gasteiger partial charge is 0.275 e. The maximum absolute atomic E-state index is 12.1. The zero-order chi connectivity index (χ0) is 18.1. The molecule has 7 heteroatoms. The van der Waals surface area contributed by atoms with Gasteiger partial charge < -0.3 is 4.90 Å². The number of carbonyl (C=O) groups is 1. The maximum Gasteiger partial charge on any atom is 0.275 e. The molecule has 1 saturated carbocycles. The molecule has 0 radical (unpaired) electrons. The van der Waals surface area contributed by atoms with Gasteiger partial charge in [-0.25, -0.2) is 4.68 Å². The summed E-state index contributed by atoms with van der Waals surface area (Å²) in [6, 6.07) is 4.52. The number of hydrogen-bond acceptors (Lipinski definition) is 5. The number of amides is 1. The van der Waals surface area contributed by atoms with Crippen LogP contribution in [0.1, 0.15) is 47.8 Å². The molecule has 2 fully saturated rings. The minimum atomic E-state index is -0.0871. The third kappa shape index (κ3) is 3.11. The van der Waals surface area contributed by atoms with E-state index in [1.807, 2.05) is 29.3 Å². The van der Waals surface area contributed by atoms with E-state index in [4.69, 9.17) is 0 Å². The van der Waals surface area contributed by atoms with Crippen LogP contribution in [0.5, 0.6) is 0 Å². The molecule has 1 unspecified atom stereocenters. The number of pyridine rings is 1. The molecule has 7 nitrogen and oxygen atoms in total. The molecule has 1 aliphatic heterocycles. The van der Waals surface area contributed by atoms with Crippen LogP contribution in [0.2, 0.25) is 0 Å². The lowest BCUT2D eigenvalue weighted by Crippen LogP contribution is -2.49. The molecule has 3 heterocycles. The van der Waals surface area contributed by atoms with Gasteiger partial charge >= 0.3 is 0 Å². The molecule has 138 valence electrons. The van der Waals surface area contributed by atoms with E-state index in [0.29, 0.717) is 17.2 Å². The zero-order valence-electron chi connectivity index (χ0n) is 15.5. The highest BCUT2D eigenvalue weighted by atomic mass is 16.2. The number of likely N-dealkylation sites (tertiary alicyclic amines) is 1. The molecule has 1 saturated heterocycles. The fourth-order valence-electron chi connectivity index (χ4n) is 4.34. The summed E-state index contributed by atoms with van der Waals surface area (Å²) in [5.41, 5.74) is 2.03. The third-order valence-electron chi connectivity index (χ3n) is 6.06. The Labute approximate surface area is 154 Å². The van der Waals surface area contributed by atoms with Gasteiger partial charge in [-0.3, -0.25) is 14.7 Å². The average Bonchev–Trinajstić information content (AvgIpc) is 3.10. The first-order chi connectivity index (χ1) is 12.6. The fraction of sp³-hybridized carbons (Fsp3) is 0.579. The van der Waals surface area contributed by atoms with E-state index in [1.54, 1.807) is 19.0 Å². The normalized spacial score (nSPS) is 22.2. The predicted octanol–water partition coefficient (Wildman–Crippen LogP) is 1.99. The van der Waals surface area contributed by atoms with Gasteiger partial charge in [0.05, 0.1) is 12.2 Å². The van der Waals surface area contributed by atoms with E-state index in [0.717, 1.165) is 26.1 Å². The number of aromatic nitrogens is 4. The molecule has 2 aromatic heterocycles. The van der Waals surface area contributed by atoms with Crippen molar-refractivity contribution in [3.05, 3.63) is 42.0 Å². The molecular weight excluding hydrogens is 328 g/mol. The Morgan fingerprint density at radius 3 is 2.73 bits per heavy atom. The van der Waals surface area contributed by atoms with Crippen LogP contribution in [0, 0.1) is 5.41 Å². The van der Waals surface area contributed by atoms with Gasteiger partial charge in [0, 0.05) is 33.0 Å².